The number of nitrogens with two attached hydrogens (primary N) is 1. The predicted octanol–water partition coefficient (Wildman–Crippen LogP) is 1.46. The van der Waals surface area contributed by atoms with Gasteiger partial charge in [0.15, 0.2) is 9.84 Å². The lowest BCUT2D eigenvalue weighted by Crippen LogP contribution is -2.24. The Kier molecular flexibility index (Phi) is 7.38. The van der Waals surface area contributed by atoms with E-state index in [1.54, 1.807) is 25.1 Å². The van der Waals surface area contributed by atoms with Crippen molar-refractivity contribution in [2.24, 2.45) is 0 Å². The lowest BCUT2D eigenvalue weighted by molar-refractivity contribution is -0.113. The first kappa shape index (κ1) is 18.5. The van der Waals surface area contributed by atoms with Crippen LogP contribution in [0.4, 0.5) is 11.4 Å². The first-order valence-corrected chi connectivity index (χ1v) is 7.64. The molecule has 0 unspecified atom stereocenters. The molecule has 1 aromatic carbocycles. The summed E-state index contributed by atoms with van der Waals surface area (Å²) in [7, 11) is -1.87. The summed E-state index contributed by atoms with van der Waals surface area (Å²) in [5.41, 5.74) is 6.39. The number of amides is 1. The zero-order valence-corrected chi connectivity index (χ0v) is 13.0. The highest BCUT2D eigenvalue weighted by molar-refractivity contribution is 7.92. The molecule has 0 radical (unpaired) electrons. The van der Waals surface area contributed by atoms with Crippen LogP contribution in [0.3, 0.4) is 0 Å². The van der Waals surface area contributed by atoms with E-state index < -0.39 is 21.5 Å². The maximum absolute atomic E-state index is 11.7. The van der Waals surface area contributed by atoms with Crippen LogP contribution in [-0.2, 0) is 14.6 Å². The number of ether oxygens (including phenoxy) is 1. The van der Waals surface area contributed by atoms with Gasteiger partial charge in [-0.2, -0.15) is 0 Å². The molecule has 0 fully saturated rings. The molecule has 6 nitrogen and oxygen atoms in total. The normalized spacial score (nSPS) is 10.5. The van der Waals surface area contributed by atoms with E-state index in [-0.39, 0.29) is 18.2 Å². The first-order valence-electron chi connectivity index (χ1n) is 5.81. The van der Waals surface area contributed by atoms with Gasteiger partial charge in [-0.3, -0.25) is 4.79 Å². The minimum atomic E-state index is -3.36. The molecule has 1 aromatic rings. The van der Waals surface area contributed by atoms with Gasteiger partial charge in [0.05, 0.1) is 24.2 Å². The zero-order chi connectivity index (χ0) is 14.5. The number of hydrogen-bond donors (Lipinski definition) is 2. The number of benzene rings is 1. The lowest BCUT2D eigenvalue weighted by atomic mass is 10.2. The van der Waals surface area contributed by atoms with Crippen molar-refractivity contribution in [2.75, 3.05) is 29.7 Å². The smallest absolute Gasteiger partial charge is 0.239 e. The average molecular weight is 323 g/mol. The monoisotopic (exact) mass is 322 g/mol. The molecule has 0 heterocycles. The van der Waals surface area contributed by atoms with Crippen molar-refractivity contribution in [1.82, 2.24) is 0 Å². The molecule has 0 aromatic heterocycles. The Morgan fingerprint density at radius 2 is 2.05 bits per heavy atom. The third-order valence-corrected chi connectivity index (χ3v) is 4.13. The highest BCUT2D eigenvalue weighted by Gasteiger charge is 2.16. The van der Waals surface area contributed by atoms with Gasteiger partial charge >= 0.3 is 0 Å². The minimum Gasteiger partial charge on any atom is -0.497 e. The summed E-state index contributed by atoms with van der Waals surface area (Å²) in [6.45, 7) is 1.75. The van der Waals surface area contributed by atoms with E-state index in [0.29, 0.717) is 23.5 Å². The van der Waals surface area contributed by atoms with Crippen LogP contribution in [0.1, 0.15) is 13.3 Å². The Morgan fingerprint density at radius 1 is 1.40 bits per heavy atom. The van der Waals surface area contributed by atoms with Crippen LogP contribution in [0.5, 0.6) is 5.75 Å². The quantitative estimate of drug-likeness (QED) is 0.773. The van der Waals surface area contributed by atoms with Gasteiger partial charge in [-0.15, -0.1) is 12.4 Å². The number of carbonyl (C=O) groups excluding carboxylic acids is 1. The van der Waals surface area contributed by atoms with E-state index in [1.807, 2.05) is 0 Å². The van der Waals surface area contributed by atoms with Crippen LogP contribution in [0.2, 0.25) is 0 Å². The number of carbonyl (C=O) groups is 1. The van der Waals surface area contributed by atoms with Gasteiger partial charge in [0.1, 0.15) is 11.5 Å². The van der Waals surface area contributed by atoms with Crippen LogP contribution in [0.15, 0.2) is 18.2 Å². The molecule has 114 valence electrons. The van der Waals surface area contributed by atoms with E-state index in [9.17, 15) is 13.2 Å². The fraction of sp³-hybridized carbons (Fsp3) is 0.417. The number of nitrogens with one attached hydrogen (secondary N) is 1. The standard InChI is InChI=1S/C12H18N2O4S.ClH/c1-3-6-19(16,17)8-12(15)14-11-7-9(18-2)4-5-10(11)13;/h4-5,7H,3,6,8,13H2,1-2H3,(H,14,15);1H. The summed E-state index contributed by atoms with van der Waals surface area (Å²) < 4.78 is 28.1. The molecule has 0 spiro atoms. The van der Waals surface area contributed by atoms with Crippen LogP contribution in [-0.4, -0.2) is 32.9 Å². The molecule has 1 amide bonds. The maximum atomic E-state index is 11.7. The number of hydrogen-bond acceptors (Lipinski definition) is 5. The molecule has 20 heavy (non-hydrogen) atoms. The number of sulfone groups is 1. The van der Waals surface area contributed by atoms with Gasteiger partial charge < -0.3 is 15.8 Å². The second-order valence-electron chi connectivity index (χ2n) is 4.09. The third-order valence-electron chi connectivity index (χ3n) is 2.40. The van der Waals surface area contributed by atoms with Crippen molar-refractivity contribution in [3.8, 4) is 5.75 Å². The van der Waals surface area contributed by atoms with E-state index in [2.05, 4.69) is 5.32 Å². The zero-order valence-electron chi connectivity index (χ0n) is 11.4. The van der Waals surface area contributed by atoms with E-state index in [1.165, 1.54) is 7.11 Å². The van der Waals surface area contributed by atoms with E-state index in [0.717, 1.165) is 0 Å². The van der Waals surface area contributed by atoms with Crippen LogP contribution < -0.4 is 15.8 Å². The third kappa shape index (κ3) is 5.66. The van der Waals surface area contributed by atoms with Crippen LogP contribution in [0, 0.1) is 0 Å². The van der Waals surface area contributed by atoms with Gasteiger partial charge in [0, 0.05) is 6.07 Å². The van der Waals surface area contributed by atoms with E-state index in [4.69, 9.17) is 10.5 Å². The molecule has 3 N–H and O–H groups in total. The maximum Gasteiger partial charge on any atom is 0.239 e. The molecule has 0 saturated heterocycles. The average Bonchev–Trinajstić information content (AvgIpc) is 2.31. The Hall–Kier alpha value is -1.47. The molecular weight excluding hydrogens is 304 g/mol. The summed E-state index contributed by atoms with van der Waals surface area (Å²) >= 11 is 0. The van der Waals surface area contributed by atoms with Crippen molar-refractivity contribution in [3.05, 3.63) is 18.2 Å². The fourth-order valence-corrected chi connectivity index (χ4v) is 2.78. The molecule has 1 rings (SSSR count). The Balaban J connectivity index is 0.00000361. The van der Waals surface area contributed by atoms with Gasteiger partial charge in [-0.05, 0) is 18.6 Å². The largest absolute Gasteiger partial charge is 0.497 e. The highest BCUT2D eigenvalue weighted by Crippen LogP contribution is 2.24. The molecule has 0 atom stereocenters. The Labute approximate surface area is 125 Å². The van der Waals surface area contributed by atoms with Crippen LogP contribution in [0.25, 0.3) is 0 Å². The summed E-state index contributed by atoms with van der Waals surface area (Å²) in [6.07, 6.45) is 0.483. The van der Waals surface area contributed by atoms with Crippen molar-refractivity contribution < 1.29 is 17.9 Å². The number of anilines is 2. The SMILES string of the molecule is CCCS(=O)(=O)CC(=O)Nc1cc(OC)ccc1N.Cl. The summed E-state index contributed by atoms with van der Waals surface area (Å²) in [5, 5.41) is 2.48. The van der Waals surface area contributed by atoms with Gasteiger partial charge in [-0.1, -0.05) is 6.92 Å². The number of methoxy groups -OCH3 is 1. The molecular formula is C12H19ClN2O4S. The minimum absolute atomic E-state index is 0. The number of nitrogen functional groups attached to an aromatic ring is 1. The molecule has 0 aliphatic carbocycles. The summed E-state index contributed by atoms with van der Waals surface area (Å²) in [4.78, 5) is 11.7. The number of rotatable bonds is 6. The van der Waals surface area contributed by atoms with Crippen molar-refractivity contribution in [2.45, 2.75) is 13.3 Å². The van der Waals surface area contributed by atoms with Gasteiger partial charge in [0.2, 0.25) is 5.91 Å². The predicted molar refractivity (Wildman–Crippen MR) is 82.2 cm³/mol. The Bertz CT molecular complexity index is 561. The summed E-state index contributed by atoms with van der Waals surface area (Å²) in [5.74, 6) is -0.625. The number of halogens is 1. The van der Waals surface area contributed by atoms with Crippen molar-refractivity contribution in [3.63, 3.8) is 0 Å². The lowest BCUT2D eigenvalue weighted by Gasteiger charge is -2.10. The second-order valence-corrected chi connectivity index (χ2v) is 6.28. The van der Waals surface area contributed by atoms with Gasteiger partial charge in [0.25, 0.3) is 0 Å². The second kappa shape index (κ2) is 7.96. The highest BCUT2D eigenvalue weighted by atomic mass is 35.5. The van der Waals surface area contributed by atoms with Crippen LogP contribution >= 0.6 is 12.4 Å². The van der Waals surface area contributed by atoms with Gasteiger partial charge in [-0.25, -0.2) is 8.42 Å². The molecule has 0 bridgehead atoms. The van der Waals surface area contributed by atoms with E-state index >= 15 is 0 Å². The fourth-order valence-electron chi connectivity index (χ4n) is 1.54. The molecule has 0 aliphatic heterocycles. The molecule has 0 saturated carbocycles. The Morgan fingerprint density at radius 3 is 2.60 bits per heavy atom. The molecule has 8 heteroatoms. The molecule has 0 aliphatic rings. The topological polar surface area (TPSA) is 98.5 Å². The first-order chi connectivity index (χ1) is 8.88. The van der Waals surface area contributed by atoms with Crippen molar-refractivity contribution in [1.29, 1.82) is 0 Å². The van der Waals surface area contributed by atoms with Crippen molar-refractivity contribution >= 4 is 39.5 Å². The summed E-state index contributed by atoms with van der Waals surface area (Å²) in [6, 6.07) is 4.77.